The molecule has 0 saturated heterocycles. The SMILES string of the molecule is COc1ccc(C(=S)NC(c2ccccn2)C(O)(c2ccccc2)c2ccccc2)cc1. The molecule has 1 atom stereocenters. The molecule has 0 spiro atoms. The third kappa shape index (κ3) is 4.40. The number of aromatic nitrogens is 1. The van der Waals surface area contributed by atoms with Crippen LogP contribution in [-0.2, 0) is 5.60 Å². The summed E-state index contributed by atoms with van der Waals surface area (Å²) in [6.45, 7) is 0. The van der Waals surface area contributed by atoms with Crippen LogP contribution in [0.25, 0.3) is 0 Å². The predicted molar refractivity (Wildman–Crippen MR) is 131 cm³/mol. The predicted octanol–water partition coefficient (Wildman–Crippen LogP) is 5.03. The molecule has 0 radical (unpaired) electrons. The van der Waals surface area contributed by atoms with E-state index in [0.29, 0.717) is 10.7 Å². The summed E-state index contributed by atoms with van der Waals surface area (Å²) in [6.07, 6.45) is 1.72. The summed E-state index contributed by atoms with van der Waals surface area (Å²) in [7, 11) is 1.63. The second kappa shape index (κ2) is 9.73. The largest absolute Gasteiger partial charge is 0.497 e. The van der Waals surface area contributed by atoms with Crippen molar-refractivity contribution in [2.24, 2.45) is 0 Å². The Morgan fingerprint density at radius 1 is 0.844 bits per heavy atom. The number of methoxy groups -OCH3 is 1. The fourth-order valence-electron chi connectivity index (χ4n) is 3.78. The molecule has 0 amide bonds. The highest BCUT2D eigenvalue weighted by Gasteiger charge is 2.42. The summed E-state index contributed by atoms with van der Waals surface area (Å²) in [4.78, 5) is 5.08. The van der Waals surface area contributed by atoms with E-state index in [1.54, 1.807) is 13.3 Å². The molecule has 5 heteroatoms. The number of ether oxygens (including phenoxy) is 1. The molecule has 32 heavy (non-hydrogen) atoms. The van der Waals surface area contributed by atoms with Crippen LogP contribution in [0, 0.1) is 0 Å². The first-order chi connectivity index (χ1) is 15.6. The molecular weight excluding hydrogens is 416 g/mol. The van der Waals surface area contributed by atoms with E-state index in [1.807, 2.05) is 103 Å². The lowest BCUT2D eigenvalue weighted by molar-refractivity contribution is 0.0424. The smallest absolute Gasteiger partial charge is 0.140 e. The summed E-state index contributed by atoms with van der Waals surface area (Å²) in [5, 5.41) is 15.8. The maximum absolute atomic E-state index is 12.4. The number of nitrogens with zero attached hydrogens (tertiary/aromatic N) is 1. The monoisotopic (exact) mass is 440 g/mol. The van der Waals surface area contributed by atoms with E-state index in [1.165, 1.54) is 0 Å². The molecule has 0 bridgehead atoms. The minimum atomic E-state index is -1.42. The second-order valence-corrected chi connectivity index (χ2v) is 7.80. The molecular formula is C27H24N2O2S. The fourth-order valence-corrected chi connectivity index (χ4v) is 4.03. The molecule has 4 rings (SSSR count). The van der Waals surface area contributed by atoms with Crippen LogP contribution in [-0.4, -0.2) is 22.2 Å². The van der Waals surface area contributed by atoms with Gasteiger partial charge < -0.3 is 15.2 Å². The third-order valence-electron chi connectivity index (χ3n) is 5.46. The normalized spacial score (nSPS) is 12.1. The minimum absolute atomic E-state index is 0.508. The zero-order chi connectivity index (χ0) is 22.4. The second-order valence-electron chi connectivity index (χ2n) is 7.39. The van der Waals surface area contributed by atoms with Crippen LogP contribution in [0.4, 0.5) is 0 Å². The van der Waals surface area contributed by atoms with Crippen molar-refractivity contribution in [3.05, 3.63) is 132 Å². The lowest BCUT2D eigenvalue weighted by atomic mass is 9.78. The first-order valence-electron chi connectivity index (χ1n) is 10.3. The quantitative estimate of drug-likeness (QED) is 0.395. The van der Waals surface area contributed by atoms with Gasteiger partial charge in [-0.25, -0.2) is 0 Å². The van der Waals surface area contributed by atoms with Gasteiger partial charge >= 0.3 is 0 Å². The first-order valence-corrected chi connectivity index (χ1v) is 10.7. The van der Waals surface area contributed by atoms with Gasteiger partial charge in [0.25, 0.3) is 0 Å². The van der Waals surface area contributed by atoms with Crippen molar-refractivity contribution < 1.29 is 9.84 Å². The molecule has 1 aromatic heterocycles. The highest BCUT2D eigenvalue weighted by molar-refractivity contribution is 7.80. The van der Waals surface area contributed by atoms with Crippen molar-refractivity contribution in [3.8, 4) is 5.75 Å². The van der Waals surface area contributed by atoms with Crippen molar-refractivity contribution in [1.29, 1.82) is 0 Å². The van der Waals surface area contributed by atoms with E-state index in [4.69, 9.17) is 17.0 Å². The highest BCUT2D eigenvalue weighted by atomic mass is 32.1. The highest BCUT2D eigenvalue weighted by Crippen LogP contribution is 2.40. The molecule has 4 aromatic rings. The number of rotatable bonds is 7. The van der Waals surface area contributed by atoms with E-state index in [0.717, 1.165) is 22.4 Å². The van der Waals surface area contributed by atoms with E-state index < -0.39 is 11.6 Å². The van der Waals surface area contributed by atoms with Crippen LogP contribution >= 0.6 is 12.2 Å². The molecule has 1 heterocycles. The van der Waals surface area contributed by atoms with Crippen LogP contribution in [0.2, 0.25) is 0 Å². The fraction of sp³-hybridized carbons (Fsp3) is 0.111. The Labute approximate surface area is 193 Å². The average molecular weight is 441 g/mol. The van der Waals surface area contributed by atoms with Gasteiger partial charge in [-0.3, -0.25) is 4.98 Å². The molecule has 2 N–H and O–H groups in total. The van der Waals surface area contributed by atoms with E-state index in [2.05, 4.69) is 10.3 Å². The molecule has 0 fully saturated rings. The van der Waals surface area contributed by atoms with Crippen molar-refractivity contribution in [2.45, 2.75) is 11.6 Å². The van der Waals surface area contributed by atoms with Crippen molar-refractivity contribution in [1.82, 2.24) is 10.3 Å². The molecule has 0 saturated carbocycles. The van der Waals surface area contributed by atoms with Gasteiger partial charge in [-0.15, -0.1) is 0 Å². The van der Waals surface area contributed by atoms with Crippen LogP contribution in [0.15, 0.2) is 109 Å². The van der Waals surface area contributed by atoms with Gasteiger partial charge in [0.05, 0.1) is 12.8 Å². The molecule has 0 aliphatic rings. The summed E-state index contributed by atoms with van der Waals surface area (Å²) in [5.41, 5.74) is 1.57. The average Bonchev–Trinajstić information content (AvgIpc) is 2.88. The molecule has 3 aromatic carbocycles. The van der Waals surface area contributed by atoms with Gasteiger partial charge in [-0.05, 0) is 47.5 Å². The Balaban J connectivity index is 1.83. The Bertz CT molecular complexity index is 1110. The number of hydrogen-bond acceptors (Lipinski definition) is 4. The lowest BCUT2D eigenvalue weighted by Gasteiger charge is -2.38. The maximum atomic E-state index is 12.4. The van der Waals surface area contributed by atoms with Crippen molar-refractivity contribution in [2.75, 3.05) is 7.11 Å². The van der Waals surface area contributed by atoms with Gasteiger partial charge in [-0.2, -0.15) is 0 Å². The summed E-state index contributed by atoms with van der Waals surface area (Å²) in [6, 6.07) is 31.7. The first kappa shape index (κ1) is 21.7. The van der Waals surface area contributed by atoms with E-state index in [9.17, 15) is 5.11 Å². The van der Waals surface area contributed by atoms with Gasteiger partial charge in [0.15, 0.2) is 0 Å². The summed E-state index contributed by atoms with van der Waals surface area (Å²) >= 11 is 5.75. The number of benzene rings is 3. The maximum Gasteiger partial charge on any atom is 0.140 e. The molecule has 1 unspecified atom stereocenters. The minimum Gasteiger partial charge on any atom is -0.497 e. The summed E-state index contributed by atoms with van der Waals surface area (Å²) in [5.74, 6) is 0.753. The molecule has 0 aliphatic carbocycles. The number of pyridine rings is 1. The Hall–Kier alpha value is -3.54. The van der Waals surface area contributed by atoms with Gasteiger partial charge in [0, 0.05) is 11.8 Å². The topological polar surface area (TPSA) is 54.4 Å². The Morgan fingerprint density at radius 3 is 1.91 bits per heavy atom. The van der Waals surface area contributed by atoms with Crippen molar-refractivity contribution >= 4 is 17.2 Å². The number of thiocarbonyl (C=S) groups is 1. The standard InChI is InChI=1S/C27H24N2O2S/c1-31-23-17-15-20(16-18-23)26(32)29-25(24-14-8-9-19-28-24)27(30,21-10-4-2-5-11-21)22-12-6-3-7-13-22/h2-19,25,30H,1H3,(H,29,32). The van der Waals surface area contributed by atoms with Gasteiger partial charge in [-0.1, -0.05) is 78.9 Å². The third-order valence-corrected chi connectivity index (χ3v) is 5.81. The zero-order valence-corrected chi connectivity index (χ0v) is 18.5. The number of aliphatic hydroxyl groups is 1. The zero-order valence-electron chi connectivity index (χ0n) is 17.7. The van der Waals surface area contributed by atoms with Gasteiger partial charge in [0.1, 0.15) is 22.4 Å². The summed E-state index contributed by atoms with van der Waals surface area (Å²) < 4.78 is 5.26. The Morgan fingerprint density at radius 2 is 1.41 bits per heavy atom. The van der Waals surface area contributed by atoms with Crippen LogP contribution in [0.5, 0.6) is 5.75 Å². The van der Waals surface area contributed by atoms with Gasteiger partial charge in [0.2, 0.25) is 0 Å². The number of nitrogens with one attached hydrogen (secondary N) is 1. The Kier molecular flexibility index (Phi) is 6.59. The molecule has 4 nitrogen and oxygen atoms in total. The molecule has 160 valence electrons. The number of hydrogen-bond donors (Lipinski definition) is 2. The van der Waals surface area contributed by atoms with Crippen LogP contribution in [0.3, 0.4) is 0 Å². The molecule has 0 aliphatic heterocycles. The lowest BCUT2D eigenvalue weighted by Crippen LogP contribution is -2.45. The van der Waals surface area contributed by atoms with Crippen LogP contribution in [0.1, 0.15) is 28.4 Å². The van der Waals surface area contributed by atoms with E-state index >= 15 is 0 Å². The van der Waals surface area contributed by atoms with Crippen molar-refractivity contribution in [3.63, 3.8) is 0 Å². The van der Waals surface area contributed by atoms with E-state index in [-0.39, 0.29) is 0 Å². The van der Waals surface area contributed by atoms with Crippen LogP contribution < -0.4 is 10.1 Å².